The summed E-state index contributed by atoms with van der Waals surface area (Å²) in [6, 6.07) is 20.5. The highest BCUT2D eigenvalue weighted by Crippen LogP contribution is 2.40. The number of carbonyl (C=O) groups excluding carboxylic acids is 1. The van der Waals surface area contributed by atoms with Crippen LogP contribution in [-0.2, 0) is 9.53 Å². The average Bonchev–Trinajstić information content (AvgIpc) is 2.67. The molecule has 1 unspecified atom stereocenters. The van der Waals surface area contributed by atoms with Crippen molar-refractivity contribution in [3.05, 3.63) is 71.8 Å². The summed E-state index contributed by atoms with van der Waals surface area (Å²) in [7, 11) is 0. The molecule has 0 heterocycles. The molecule has 1 aliphatic rings. The van der Waals surface area contributed by atoms with Gasteiger partial charge in [-0.1, -0.05) is 60.7 Å². The highest BCUT2D eigenvalue weighted by molar-refractivity contribution is 5.93. The Kier molecular flexibility index (Phi) is 5.42. The molecule has 2 aromatic carbocycles. The van der Waals surface area contributed by atoms with E-state index in [2.05, 4.69) is 24.3 Å². The van der Waals surface area contributed by atoms with Crippen molar-refractivity contribution in [2.75, 3.05) is 13.3 Å². The molecule has 0 radical (unpaired) electrons. The van der Waals surface area contributed by atoms with E-state index in [0.29, 0.717) is 6.42 Å². The summed E-state index contributed by atoms with van der Waals surface area (Å²) in [6.07, 6.45) is 2.20. The predicted octanol–water partition coefficient (Wildman–Crippen LogP) is 4.91. The number of esters is 1. The van der Waals surface area contributed by atoms with Crippen molar-refractivity contribution >= 4 is 17.1 Å². The van der Waals surface area contributed by atoms with Crippen LogP contribution in [0.3, 0.4) is 0 Å². The van der Waals surface area contributed by atoms with Crippen molar-refractivity contribution in [3.8, 4) is 0 Å². The van der Waals surface area contributed by atoms with Crippen molar-refractivity contribution in [1.82, 2.24) is 0 Å². The second kappa shape index (κ2) is 7.91. The Morgan fingerprint density at radius 1 is 0.958 bits per heavy atom. The summed E-state index contributed by atoms with van der Waals surface area (Å²) in [6.45, 7) is -0.777. The summed E-state index contributed by atoms with van der Waals surface area (Å²) in [5.74, 6) is -0.479. The lowest BCUT2D eigenvalue weighted by atomic mass is 9.78. The van der Waals surface area contributed by atoms with Gasteiger partial charge in [-0.3, -0.25) is 4.79 Å². The molecule has 3 heteroatoms. The number of hydrogen-bond acceptors (Lipinski definition) is 2. The Bertz CT molecular complexity index is 707. The molecule has 124 valence electrons. The molecule has 0 saturated carbocycles. The van der Waals surface area contributed by atoms with Crippen LogP contribution in [-0.4, -0.2) is 19.3 Å². The maximum absolute atomic E-state index is 12.3. The van der Waals surface area contributed by atoms with Crippen molar-refractivity contribution in [2.24, 2.45) is 5.92 Å². The average molecular weight is 324 g/mol. The number of allylic oxidation sites excluding steroid dienone is 2. The van der Waals surface area contributed by atoms with E-state index in [1.165, 1.54) is 16.7 Å². The zero-order valence-electron chi connectivity index (χ0n) is 13.6. The van der Waals surface area contributed by atoms with Gasteiger partial charge in [0.15, 0.2) is 0 Å². The fourth-order valence-corrected chi connectivity index (χ4v) is 3.29. The highest BCUT2D eigenvalue weighted by atomic mass is 19.1. The fraction of sp³-hybridized carbons (Fsp3) is 0.286. The molecule has 2 aromatic rings. The van der Waals surface area contributed by atoms with Crippen LogP contribution < -0.4 is 0 Å². The lowest BCUT2D eigenvalue weighted by Crippen LogP contribution is -2.22. The van der Waals surface area contributed by atoms with Gasteiger partial charge in [-0.25, -0.2) is 4.39 Å². The van der Waals surface area contributed by atoms with Crippen molar-refractivity contribution in [2.45, 2.75) is 19.3 Å². The largest absolute Gasteiger partial charge is 0.463 e. The molecule has 1 aliphatic carbocycles. The molecule has 0 saturated heterocycles. The number of hydrogen-bond donors (Lipinski definition) is 0. The van der Waals surface area contributed by atoms with Gasteiger partial charge in [-0.15, -0.1) is 0 Å². The minimum Gasteiger partial charge on any atom is -0.463 e. The van der Waals surface area contributed by atoms with Gasteiger partial charge in [0.2, 0.25) is 0 Å². The first-order valence-electron chi connectivity index (χ1n) is 8.35. The second-order valence-electron chi connectivity index (χ2n) is 5.99. The highest BCUT2D eigenvalue weighted by Gasteiger charge is 2.28. The van der Waals surface area contributed by atoms with Gasteiger partial charge in [0, 0.05) is 0 Å². The monoisotopic (exact) mass is 324 g/mol. The number of carbonyl (C=O) groups is 1. The zero-order valence-corrected chi connectivity index (χ0v) is 13.6. The quantitative estimate of drug-likeness (QED) is 0.730. The molecular formula is C21H21FO2. The van der Waals surface area contributed by atoms with Gasteiger partial charge in [0.1, 0.15) is 13.3 Å². The van der Waals surface area contributed by atoms with Crippen LogP contribution in [0.25, 0.3) is 11.1 Å². The number of alkyl halides is 1. The SMILES string of the molecule is O=C(OCCF)C1CCC(c2ccccc2)=C(c2ccccc2)C1. The summed E-state index contributed by atoms with van der Waals surface area (Å²) in [5.41, 5.74) is 4.82. The molecule has 0 fully saturated rings. The zero-order chi connectivity index (χ0) is 16.8. The van der Waals surface area contributed by atoms with Gasteiger partial charge >= 0.3 is 5.97 Å². The molecule has 24 heavy (non-hydrogen) atoms. The minimum atomic E-state index is -0.630. The van der Waals surface area contributed by atoms with Crippen LogP contribution in [0.15, 0.2) is 60.7 Å². The van der Waals surface area contributed by atoms with Gasteiger partial charge in [0.25, 0.3) is 0 Å². The number of halogens is 1. The Balaban J connectivity index is 1.93. The molecule has 0 N–H and O–H groups in total. The Labute approximate surface area is 142 Å². The van der Waals surface area contributed by atoms with Crippen LogP contribution in [0.2, 0.25) is 0 Å². The predicted molar refractivity (Wildman–Crippen MR) is 94.0 cm³/mol. The van der Waals surface area contributed by atoms with E-state index in [1.807, 2.05) is 36.4 Å². The first-order chi connectivity index (χ1) is 11.8. The van der Waals surface area contributed by atoms with Crippen LogP contribution >= 0.6 is 0 Å². The lowest BCUT2D eigenvalue weighted by Gasteiger charge is -2.27. The topological polar surface area (TPSA) is 26.3 Å². The van der Waals surface area contributed by atoms with E-state index in [-0.39, 0.29) is 18.5 Å². The Morgan fingerprint density at radius 2 is 1.54 bits per heavy atom. The standard InChI is InChI=1S/C21H21FO2/c22-13-14-24-21(23)18-11-12-19(16-7-3-1-4-8-16)20(15-18)17-9-5-2-6-10-17/h1-10,18H,11-15H2. The second-order valence-corrected chi connectivity index (χ2v) is 5.99. The molecule has 0 amide bonds. The first-order valence-corrected chi connectivity index (χ1v) is 8.35. The Hall–Kier alpha value is -2.42. The lowest BCUT2D eigenvalue weighted by molar-refractivity contribution is -0.149. The van der Waals surface area contributed by atoms with E-state index in [4.69, 9.17) is 4.74 Å². The van der Waals surface area contributed by atoms with Crippen LogP contribution in [0.4, 0.5) is 4.39 Å². The summed E-state index contributed by atoms with van der Waals surface area (Å²) in [5, 5.41) is 0. The first kappa shape index (κ1) is 16.4. The van der Waals surface area contributed by atoms with E-state index in [0.717, 1.165) is 18.4 Å². The van der Waals surface area contributed by atoms with E-state index >= 15 is 0 Å². The van der Waals surface area contributed by atoms with Gasteiger partial charge in [-0.2, -0.15) is 0 Å². The molecule has 3 rings (SSSR count). The van der Waals surface area contributed by atoms with E-state index in [9.17, 15) is 9.18 Å². The molecule has 0 bridgehead atoms. The third kappa shape index (κ3) is 3.73. The molecule has 2 nitrogen and oxygen atoms in total. The van der Waals surface area contributed by atoms with Crippen LogP contribution in [0, 0.1) is 5.92 Å². The summed E-state index contributed by atoms with van der Waals surface area (Å²) < 4.78 is 17.3. The number of benzene rings is 2. The molecule has 0 spiro atoms. The van der Waals surface area contributed by atoms with Crippen molar-refractivity contribution in [3.63, 3.8) is 0 Å². The Morgan fingerprint density at radius 3 is 2.12 bits per heavy atom. The van der Waals surface area contributed by atoms with Gasteiger partial charge in [-0.05, 0) is 41.5 Å². The summed E-state index contributed by atoms with van der Waals surface area (Å²) >= 11 is 0. The van der Waals surface area contributed by atoms with Crippen LogP contribution in [0.1, 0.15) is 30.4 Å². The van der Waals surface area contributed by atoms with Gasteiger partial charge < -0.3 is 4.74 Å². The smallest absolute Gasteiger partial charge is 0.309 e. The third-order valence-corrected chi connectivity index (χ3v) is 4.46. The normalized spacial score (nSPS) is 17.6. The van der Waals surface area contributed by atoms with E-state index in [1.54, 1.807) is 0 Å². The minimum absolute atomic E-state index is 0.148. The fourth-order valence-electron chi connectivity index (χ4n) is 3.29. The summed E-state index contributed by atoms with van der Waals surface area (Å²) in [4.78, 5) is 12.2. The molecule has 1 atom stereocenters. The van der Waals surface area contributed by atoms with Crippen molar-refractivity contribution < 1.29 is 13.9 Å². The van der Waals surface area contributed by atoms with Crippen LogP contribution in [0.5, 0.6) is 0 Å². The number of ether oxygens (including phenoxy) is 1. The molecule has 0 aromatic heterocycles. The maximum atomic E-state index is 12.3. The van der Waals surface area contributed by atoms with Gasteiger partial charge in [0.05, 0.1) is 5.92 Å². The molecular weight excluding hydrogens is 303 g/mol. The maximum Gasteiger partial charge on any atom is 0.309 e. The number of rotatable bonds is 5. The van der Waals surface area contributed by atoms with Crippen molar-refractivity contribution in [1.29, 1.82) is 0 Å². The molecule has 0 aliphatic heterocycles. The van der Waals surface area contributed by atoms with E-state index < -0.39 is 6.67 Å². The third-order valence-electron chi connectivity index (χ3n) is 4.46.